The molecule has 0 aliphatic carbocycles. The first-order valence-corrected chi connectivity index (χ1v) is 11.4. The van der Waals surface area contributed by atoms with E-state index in [4.69, 9.17) is 14.8 Å². The number of carbonyl (C=O) groups is 1. The monoisotopic (exact) mass is 439 g/mol. The molecular formula is C22H25N5O3S. The van der Waals surface area contributed by atoms with Crippen molar-refractivity contribution in [1.29, 1.82) is 0 Å². The summed E-state index contributed by atoms with van der Waals surface area (Å²) in [6.07, 6.45) is 2.40. The molecule has 1 fully saturated rings. The third-order valence-electron chi connectivity index (χ3n) is 5.80. The van der Waals surface area contributed by atoms with Crippen LogP contribution >= 0.6 is 11.3 Å². The summed E-state index contributed by atoms with van der Waals surface area (Å²) in [5.74, 6) is 1.91. The maximum absolute atomic E-state index is 11.4. The first kappa shape index (κ1) is 20.3. The molecule has 0 amide bonds. The summed E-state index contributed by atoms with van der Waals surface area (Å²) in [6.45, 7) is 6.36. The SMILES string of the molecule is CC(C)n1ncnc1-c1nc2c(s1)CCOc1cc(C3CN(CC(=O)CO)C3)ccc1-2. The van der Waals surface area contributed by atoms with Gasteiger partial charge in [-0.25, -0.2) is 14.6 Å². The minimum atomic E-state index is -0.390. The van der Waals surface area contributed by atoms with Gasteiger partial charge in [0.15, 0.2) is 16.6 Å². The smallest absolute Gasteiger partial charge is 0.187 e. The maximum atomic E-state index is 11.4. The highest BCUT2D eigenvalue weighted by Crippen LogP contribution is 2.42. The van der Waals surface area contributed by atoms with Crippen LogP contribution in [0.1, 0.15) is 36.2 Å². The van der Waals surface area contributed by atoms with Crippen LogP contribution in [0.4, 0.5) is 0 Å². The fraction of sp³-hybridized carbons (Fsp3) is 0.455. The molecule has 3 aromatic rings. The van der Waals surface area contributed by atoms with Crippen LogP contribution in [-0.4, -0.2) is 68.4 Å². The highest BCUT2D eigenvalue weighted by atomic mass is 32.1. The zero-order chi connectivity index (χ0) is 21.5. The average Bonchev–Trinajstić information content (AvgIpc) is 3.34. The zero-order valence-electron chi connectivity index (χ0n) is 17.6. The van der Waals surface area contributed by atoms with Gasteiger partial charge in [0.05, 0.1) is 18.8 Å². The van der Waals surface area contributed by atoms with Gasteiger partial charge in [0, 0.05) is 41.9 Å². The van der Waals surface area contributed by atoms with E-state index in [0.29, 0.717) is 19.1 Å². The number of fused-ring (bicyclic) bond motifs is 3. The lowest BCUT2D eigenvalue weighted by atomic mass is 9.90. The molecule has 1 N–H and O–H groups in total. The minimum Gasteiger partial charge on any atom is -0.492 e. The van der Waals surface area contributed by atoms with Crippen LogP contribution in [0, 0.1) is 0 Å². The van der Waals surface area contributed by atoms with E-state index in [2.05, 4.69) is 47.0 Å². The molecule has 0 unspecified atom stereocenters. The van der Waals surface area contributed by atoms with Crippen molar-refractivity contribution >= 4 is 17.1 Å². The molecule has 0 bridgehead atoms. The first-order chi connectivity index (χ1) is 15.0. The van der Waals surface area contributed by atoms with Crippen molar-refractivity contribution in [2.75, 3.05) is 32.8 Å². The van der Waals surface area contributed by atoms with Crippen molar-refractivity contribution in [2.24, 2.45) is 0 Å². The molecule has 0 atom stereocenters. The summed E-state index contributed by atoms with van der Waals surface area (Å²) in [5, 5.41) is 14.2. The minimum absolute atomic E-state index is 0.135. The molecule has 8 nitrogen and oxygen atoms in total. The summed E-state index contributed by atoms with van der Waals surface area (Å²) in [7, 11) is 0. The van der Waals surface area contributed by atoms with Gasteiger partial charge in [-0.3, -0.25) is 9.69 Å². The van der Waals surface area contributed by atoms with Crippen LogP contribution in [0.25, 0.3) is 22.1 Å². The van der Waals surface area contributed by atoms with E-state index in [-0.39, 0.29) is 18.4 Å². The van der Waals surface area contributed by atoms with Crippen LogP contribution in [0.2, 0.25) is 0 Å². The van der Waals surface area contributed by atoms with Crippen LogP contribution in [-0.2, 0) is 11.2 Å². The summed E-state index contributed by atoms with van der Waals surface area (Å²) in [4.78, 5) is 24.1. The lowest BCUT2D eigenvalue weighted by Crippen LogP contribution is -2.47. The van der Waals surface area contributed by atoms with Crippen molar-refractivity contribution in [3.8, 4) is 27.8 Å². The number of rotatable bonds is 6. The Morgan fingerprint density at radius 3 is 2.97 bits per heavy atom. The Morgan fingerprint density at radius 1 is 1.35 bits per heavy atom. The lowest BCUT2D eigenvalue weighted by Gasteiger charge is -2.39. The summed E-state index contributed by atoms with van der Waals surface area (Å²) in [5.41, 5.74) is 3.20. The molecule has 2 aliphatic heterocycles. The standard InChI is InChI=1S/C22H25N5O3S/c1-13(2)27-21(23-12-24-27)22-25-20-17-4-3-14(7-18(17)30-6-5-19(20)31-22)15-8-26(9-15)10-16(29)11-28/h3-4,7,12-13,15,28H,5-6,8-11H2,1-2H3. The number of ether oxygens (including phenoxy) is 1. The molecule has 4 heterocycles. The molecule has 2 aromatic heterocycles. The second-order valence-electron chi connectivity index (χ2n) is 8.35. The number of aromatic nitrogens is 4. The van der Waals surface area contributed by atoms with E-state index in [1.807, 2.05) is 4.68 Å². The fourth-order valence-corrected chi connectivity index (χ4v) is 5.22. The van der Waals surface area contributed by atoms with Gasteiger partial charge < -0.3 is 9.84 Å². The quantitative estimate of drug-likeness (QED) is 0.631. The molecule has 2 aliphatic rings. The number of aliphatic hydroxyl groups excluding tert-OH is 1. The van der Waals surface area contributed by atoms with Crippen LogP contribution < -0.4 is 4.74 Å². The van der Waals surface area contributed by atoms with Gasteiger partial charge in [-0.05, 0) is 31.5 Å². The number of ketones is 1. The van der Waals surface area contributed by atoms with Crippen molar-refractivity contribution in [3.63, 3.8) is 0 Å². The number of likely N-dealkylation sites (tertiary alicyclic amines) is 1. The van der Waals surface area contributed by atoms with Crippen LogP contribution in [0.5, 0.6) is 5.75 Å². The zero-order valence-corrected chi connectivity index (χ0v) is 18.4. The number of hydrogen-bond acceptors (Lipinski definition) is 8. The van der Waals surface area contributed by atoms with Gasteiger partial charge in [-0.2, -0.15) is 5.10 Å². The second kappa shape index (κ2) is 8.14. The number of thiazole rings is 1. The normalized spacial score (nSPS) is 16.4. The van der Waals surface area contributed by atoms with E-state index in [9.17, 15) is 4.79 Å². The van der Waals surface area contributed by atoms with E-state index in [1.165, 1.54) is 10.4 Å². The Morgan fingerprint density at radius 2 is 2.19 bits per heavy atom. The topological polar surface area (TPSA) is 93.4 Å². The Balaban J connectivity index is 1.41. The third kappa shape index (κ3) is 3.77. The Labute approximate surface area is 184 Å². The predicted molar refractivity (Wildman–Crippen MR) is 117 cm³/mol. The van der Waals surface area contributed by atoms with Crippen molar-refractivity contribution in [3.05, 3.63) is 35.0 Å². The van der Waals surface area contributed by atoms with Gasteiger partial charge in [0.1, 0.15) is 18.7 Å². The molecule has 162 valence electrons. The number of aliphatic hydroxyl groups is 1. The van der Waals surface area contributed by atoms with Gasteiger partial charge >= 0.3 is 0 Å². The fourth-order valence-electron chi connectivity index (χ4n) is 4.18. The number of carbonyl (C=O) groups excluding carboxylic acids is 1. The molecule has 31 heavy (non-hydrogen) atoms. The highest BCUT2D eigenvalue weighted by molar-refractivity contribution is 7.15. The molecule has 5 rings (SSSR count). The summed E-state index contributed by atoms with van der Waals surface area (Å²) in [6, 6.07) is 6.58. The van der Waals surface area contributed by atoms with E-state index < -0.39 is 0 Å². The average molecular weight is 440 g/mol. The van der Waals surface area contributed by atoms with Crippen molar-refractivity contribution in [1.82, 2.24) is 24.6 Å². The van der Waals surface area contributed by atoms with Crippen molar-refractivity contribution in [2.45, 2.75) is 32.2 Å². The summed E-state index contributed by atoms with van der Waals surface area (Å²) >= 11 is 1.66. The number of nitrogens with zero attached hydrogens (tertiary/aromatic N) is 5. The third-order valence-corrected chi connectivity index (χ3v) is 6.91. The van der Waals surface area contributed by atoms with E-state index in [1.54, 1.807) is 17.7 Å². The Hall–Kier alpha value is -2.62. The molecule has 0 radical (unpaired) electrons. The molecule has 1 aromatic carbocycles. The molecular weight excluding hydrogens is 414 g/mol. The summed E-state index contributed by atoms with van der Waals surface area (Å²) < 4.78 is 7.99. The van der Waals surface area contributed by atoms with E-state index >= 15 is 0 Å². The molecule has 0 spiro atoms. The maximum Gasteiger partial charge on any atom is 0.187 e. The van der Waals surface area contributed by atoms with Gasteiger partial charge in [-0.15, -0.1) is 11.3 Å². The predicted octanol–water partition coefficient (Wildman–Crippen LogP) is 2.55. The molecule has 1 saturated heterocycles. The number of benzene rings is 1. The van der Waals surface area contributed by atoms with E-state index in [0.717, 1.165) is 47.3 Å². The van der Waals surface area contributed by atoms with Crippen molar-refractivity contribution < 1.29 is 14.6 Å². The van der Waals surface area contributed by atoms with Gasteiger partial charge in [0.2, 0.25) is 0 Å². The van der Waals surface area contributed by atoms with Gasteiger partial charge in [-0.1, -0.05) is 6.07 Å². The first-order valence-electron chi connectivity index (χ1n) is 10.5. The molecule has 9 heteroatoms. The van der Waals surface area contributed by atoms with Crippen LogP contribution in [0.3, 0.4) is 0 Å². The number of Topliss-reactive ketones (excluding diaryl/α,β-unsaturated/α-hetero) is 1. The highest BCUT2D eigenvalue weighted by Gasteiger charge is 2.30. The largest absolute Gasteiger partial charge is 0.492 e. The number of hydrogen-bond donors (Lipinski definition) is 1. The molecule has 0 saturated carbocycles. The van der Waals surface area contributed by atoms with Gasteiger partial charge in [0.25, 0.3) is 0 Å². The Bertz CT molecular complexity index is 1120. The Kier molecular flexibility index (Phi) is 5.33. The van der Waals surface area contributed by atoms with Crippen LogP contribution in [0.15, 0.2) is 24.5 Å². The second-order valence-corrected chi connectivity index (χ2v) is 9.44. The lowest BCUT2D eigenvalue weighted by molar-refractivity contribution is -0.123.